The van der Waals surface area contributed by atoms with Crippen LogP contribution in [0.5, 0.6) is 0 Å². The number of aliphatic imine (C=N–C) groups is 2. The minimum absolute atomic E-state index is 0.00723. The number of likely N-dealkylation sites (tertiary alicyclic amines) is 1. The van der Waals surface area contributed by atoms with Gasteiger partial charge in [-0.15, -0.1) is 0 Å². The van der Waals surface area contributed by atoms with Crippen LogP contribution in [0.15, 0.2) is 40.3 Å². The fourth-order valence-corrected chi connectivity index (χ4v) is 9.91. The molecule has 0 spiro atoms. The van der Waals surface area contributed by atoms with E-state index in [9.17, 15) is 97.8 Å². The molecule has 1 saturated heterocycles. The summed E-state index contributed by atoms with van der Waals surface area (Å²) in [6, 6.07) is -10.7. The molecule has 41 heteroatoms. The van der Waals surface area contributed by atoms with Gasteiger partial charge in [0.2, 0.25) is 76.8 Å². The number of guanidine groups is 2. The molecule has 0 aromatic heterocycles. The Bertz CT molecular complexity index is 2980. The van der Waals surface area contributed by atoms with Gasteiger partial charge in [0.15, 0.2) is 11.9 Å². The molecule has 2 rings (SSSR count). The van der Waals surface area contributed by atoms with Crippen molar-refractivity contribution in [2.75, 3.05) is 58.0 Å². The summed E-state index contributed by atoms with van der Waals surface area (Å²) in [7, 11) is 0. The molecule has 29 N–H and O–H groups in total. The molecule has 0 aliphatic carbocycles. The molecule has 1 aromatic carbocycles. The van der Waals surface area contributed by atoms with Crippen molar-refractivity contribution in [3.05, 3.63) is 35.9 Å². The lowest BCUT2D eigenvalue weighted by Crippen LogP contribution is -2.62. The van der Waals surface area contributed by atoms with Gasteiger partial charge in [-0.25, -0.2) is 0 Å². The number of thioether (sulfide) groups is 1. The summed E-state index contributed by atoms with van der Waals surface area (Å²) in [6.45, 7) is -0.499. The molecule has 14 unspecified atom stereocenters. The average Bonchev–Trinajstić information content (AvgIpc) is 1.72. The largest absolute Gasteiger partial charge is 0.481 e. The normalized spacial score (nSPS) is 16.5. The highest BCUT2D eigenvalue weighted by Crippen LogP contribution is 2.21. The van der Waals surface area contributed by atoms with Gasteiger partial charge in [-0.3, -0.25) is 77.1 Å². The highest BCUT2D eigenvalue weighted by molar-refractivity contribution is 7.98. The summed E-state index contributed by atoms with van der Waals surface area (Å²) in [6.07, 6.45) is -2.65. The number of primary amides is 1. The molecule has 1 heterocycles. The second-order valence-corrected chi connectivity index (χ2v) is 23.9. The molecule has 99 heavy (non-hydrogen) atoms. The van der Waals surface area contributed by atoms with Crippen molar-refractivity contribution < 1.29 is 97.8 Å². The van der Waals surface area contributed by atoms with E-state index in [0.29, 0.717) is 5.56 Å². The van der Waals surface area contributed by atoms with Crippen LogP contribution >= 0.6 is 11.8 Å². The Morgan fingerprint density at radius 2 is 1.04 bits per heavy atom. The maximum absolute atomic E-state index is 14.6. The number of amides is 13. The van der Waals surface area contributed by atoms with Crippen molar-refractivity contribution in [1.29, 1.82) is 0 Å². The van der Waals surface area contributed by atoms with Crippen molar-refractivity contribution in [3.63, 3.8) is 0 Å². The fraction of sp³-hybridized carbons (Fsp3) is 0.621. The molecule has 14 atom stereocenters. The number of nitrogens with two attached hydrogens (primary N) is 6. The molecule has 0 saturated carbocycles. The monoisotopic (exact) mass is 1420 g/mol. The van der Waals surface area contributed by atoms with Crippen LogP contribution < -0.4 is 92.9 Å². The number of rotatable bonds is 45. The number of carbonyl (C=O) groups is 14. The number of aliphatic hydroxyl groups is 5. The standard InChI is InChI=1S/C58H96N20O20S/c1-28(68-54(96)43(59)29(2)82)46(88)71-33(16-17-42(85)86)48(90)75-39(27-81)52(94)77-44(30(3)83)55(97)74-36(23-31-11-6-5-7-12-31)50(92)72-34(18-22-99-4)49(91)73-35(14-9-20-66-58(63)64)56(98)78-21-10-15-40(78)53(95)76-37(25-79)47(89)67-24-41(84)69-38(26-80)51(93)70-32(45(60)87)13-8-19-65-57(61)62/h5-7,11-12,28-30,32-40,43-44,79-83H,8-10,13-27,59H2,1-4H3,(H2,60,87)(H,67,89)(H,68,96)(H,69,84)(H,70,93)(H,71,88)(H,72,92)(H,73,91)(H,74,97)(H,75,90)(H,76,95)(H,77,94)(H,85,86)(H4,61,62,65)(H4,63,64,66). The summed E-state index contributed by atoms with van der Waals surface area (Å²) in [5.74, 6) is -15.1. The van der Waals surface area contributed by atoms with E-state index in [1.807, 2.05) is 0 Å². The van der Waals surface area contributed by atoms with Gasteiger partial charge >= 0.3 is 5.97 Å². The number of nitrogens with one attached hydrogen (secondary N) is 11. The molecule has 554 valence electrons. The smallest absolute Gasteiger partial charge is 0.303 e. The zero-order valence-electron chi connectivity index (χ0n) is 55.3. The van der Waals surface area contributed by atoms with Gasteiger partial charge in [0.1, 0.15) is 72.5 Å². The van der Waals surface area contributed by atoms with Gasteiger partial charge in [0.25, 0.3) is 0 Å². The molecular formula is C58H96N20O20S. The van der Waals surface area contributed by atoms with Gasteiger partial charge < -0.3 is 128 Å². The van der Waals surface area contributed by atoms with Gasteiger partial charge in [-0.1, -0.05) is 30.3 Å². The van der Waals surface area contributed by atoms with Crippen molar-refractivity contribution in [1.82, 2.24) is 63.4 Å². The fourth-order valence-electron chi connectivity index (χ4n) is 9.44. The molecule has 0 bridgehead atoms. The number of carboxylic acid groups (broad SMARTS) is 1. The SMILES string of the molecule is CSCCC(NC(=O)C(Cc1ccccc1)NC(=O)C(NC(=O)C(CO)NC(=O)C(CCC(=O)O)NC(=O)C(C)NC(=O)C(N)C(C)O)C(C)O)C(=O)NC(CCCN=C(N)N)C(=O)N1CCCC1C(=O)NC(CO)C(=O)NCC(=O)NC(CO)C(=O)NC(CCCN=C(N)N)C(N)=O. The van der Waals surface area contributed by atoms with E-state index in [-0.39, 0.29) is 88.7 Å². The minimum Gasteiger partial charge on any atom is -0.481 e. The first-order chi connectivity index (χ1) is 46.7. The quantitative estimate of drug-likeness (QED) is 0.0164. The first-order valence-corrected chi connectivity index (χ1v) is 32.8. The van der Waals surface area contributed by atoms with Crippen LogP contribution in [0.25, 0.3) is 0 Å². The highest BCUT2D eigenvalue weighted by Gasteiger charge is 2.41. The summed E-state index contributed by atoms with van der Waals surface area (Å²) in [4.78, 5) is 196. The van der Waals surface area contributed by atoms with Crippen LogP contribution in [0.2, 0.25) is 0 Å². The molecule has 0 radical (unpaired) electrons. The number of hydrogen-bond acceptors (Lipinski definition) is 23. The lowest BCUT2D eigenvalue weighted by molar-refractivity contribution is -0.143. The van der Waals surface area contributed by atoms with Crippen molar-refractivity contribution in [3.8, 4) is 0 Å². The number of aliphatic carboxylic acids is 1. The maximum atomic E-state index is 14.6. The third-order valence-corrected chi connectivity index (χ3v) is 15.6. The van der Waals surface area contributed by atoms with Gasteiger partial charge in [-0.2, -0.15) is 11.8 Å². The van der Waals surface area contributed by atoms with Crippen LogP contribution in [0.3, 0.4) is 0 Å². The van der Waals surface area contributed by atoms with Crippen molar-refractivity contribution in [2.24, 2.45) is 44.4 Å². The number of aliphatic hydroxyl groups excluding tert-OH is 5. The number of carboxylic acids is 1. The van der Waals surface area contributed by atoms with E-state index in [2.05, 4.69) is 68.5 Å². The Kier molecular flexibility index (Phi) is 38.3. The average molecular weight is 1430 g/mol. The number of benzene rings is 1. The molecule has 1 aromatic rings. The molecule has 13 amide bonds. The second-order valence-electron chi connectivity index (χ2n) is 22.9. The maximum Gasteiger partial charge on any atom is 0.303 e. The van der Waals surface area contributed by atoms with E-state index < -0.39 is 207 Å². The van der Waals surface area contributed by atoms with Crippen LogP contribution in [-0.2, 0) is 73.5 Å². The highest BCUT2D eigenvalue weighted by atomic mass is 32.2. The van der Waals surface area contributed by atoms with Crippen LogP contribution in [-0.4, -0.2) is 273 Å². The summed E-state index contributed by atoms with van der Waals surface area (Å²) in [5.41, 5.74) is 33.1. The zero-order chi connectivity index (χ0) is 74.6. The van der Waals surface area contributed by atoms with Crippen molar-refractivity contribution >= 4 is 106 Å². The predicted octanol–water partition coefficient (Wildman–Crippen LogP) is -11.5. The Balaban J connectivity index is 2.37. The summed E-state index contributed by atoms with van der Waals surface area (Å²) in [5, 5.41) is 85.9. The predicted molar refractivity (Wildman–Crippen MR) is 354 cm³/mol. The first kappa shape index (κ1) is 85.5. The molecular weight excluding hydrogens is 1330 g/mol. The van der Waals surface area contributed by atoms with Gasteiger partial charge in [0, 0.05) is 32.5 Å². The van der Waals surface area contributed by atoms with Crippen LogP contribution in [0, 0.1) is 0 Å². The van der Waals surface area contributed by atoms with E-state index in [0.717, 1.165) is 11.8 Å². The van der Waals surface area contributed by atoms with Crippen LogP contribution in [0.1, 0.15) is 84.1 Å². The lowest BCUT2D eigenvalue weighted by Gasteiger charge is -2.31. The topological polar surface area (TPSA) is 677 Å². The summed E-state index contributed by atoms with van der Waals surface area (Å²) < 4.78 is 0. The Morgan fingerprint density at radius 1 is 0.556 bits per heavy atom. The Labute approximate surface area is 573 Å². The van der Waals surface area contributed by atoms with E-state index in [1.165, 1.54) is 25.6 Å². The summed E-state index contributed by atoms with van der Waals surface area (Å²) >= 11 is 1.27. The van der Waals surface area contributed by atoms with Gasteiger partial charge in [0.05, 0.1) is 38.6 Å². The second kappa shape index (κ2) is 44.4. The Morgan fingerprint density at radius 3 is 1.58 bits per heavy atom. The van der Waals surface area contributed by atoms with Crippen LogP contribution in [0.4, 0.5) is 0 Å². The number of hydrogen-bond donors (Lipinski definition) is 23. The van der Waals surface area contributed by atoms with E-state index >= 15 is 0 Å². The zero-order valence-corrected chi connectivity index (χ0v) is 56.1. The Hall–Kier alpha value is -9.55. The van der Waals surface area contributed by atoms with Crippen molar-refractivity contribution in [2.45, 2.75) is 170 Å². The number of nitrogens with zero attached hydrogens (tertiary/aromatic N) is 3. The van der Waals surface area contributed by atoms with Gasteiger partial charge in [-0.05, 0) is 89.7 Å². The first-order valence-electron chi connectivity index (χ1n) is 31.4. The molecule has 1 fully saturated rings. The molecule has 1 aliphatic rings. The third-order valence-electron chi connectivity index (χ3n) is 15.0. The van der Waals surface area contributed by atoms with E-state index in [1.54, 1.807) is 36.6 Å². The van der Waals surface area contributed by atoms with E-state index in [4.69, 9.17) is 34.4 Å². The molecule has 40 nitrogen and oxygen atoms in total. The lowest BCUT2D eigenvalue weighted by atomic mass is 10.0. The molecule has 1 aliphatic heterocycles. The number of carbonyl (C=O) groups excluding carboxylic acids is 13. The minimum atomic E-state index is -1.94. The third kappa shape index (κ3) is 30.8.